The molecular weight excluding hydrogens is 225 g/mol. The molecule has 0 bridgehead atoms. The molecule has 16 heavy (non-hydrogen) atoms. The molecule has 1 rings (SSSR count). The summed E-state index contributed by atoms with van der Waals surface area (Å²) in [5.74, 6) is -0.343. The van der Waals surface area contributed by atoms with E-state index in [1.165, 1.54) is 18.9 Å². The van der Waals surface area contributed by atoms with Crippen LogP contribution in [0.15, 0.2) is 18.2 Å². The molecule has 0 saturated carbocycles. The fraction of sp³-hybridized carbons (Fsp3) is 0.538. The van der Waals surface area contributed by atoms with Crippen molar-refractivity contribution in [3.05, 3.63) is 34.6 Å². The van der Waals surface area contributed by atoms with Crippen LogP contribution < -0.4 is 5.32 Å². The van der Waals surface area contributed by atoms with Crippen LogP contribution in [0, 0.1) is 5.82 Å². The molecule has 0 fully saturated rings. The third-order valence-corrected chi connectivity index (χ3v) is 3.10. The van der Waals surface area contributed by atoms with Gasteiger partial charge in [-0.25, -0.2) is 4.39 Å². The minimum absolute atomic E-state index is 0.217. The number of benzene rings is 1. The van der Waals surface area contributed by atoms with Gasteiger partial charge in [-0.05, 0) is 44.0 Å². The van der Waals surface area contributed by atoms with E-state index in [9.17, 15) is 4.39 Å². The molecule has 1 N–H and O–H groups in total. The quantitative estimate of drug-likeness (QED) is 0.802. The van der Waals surface area contributed by atoms with Crippen LogP contribution in [0.4, 0.5) is 4.39 Å². The lowest BCUT2D eigenvalue weighted by Crippen LogP contribution is -2.25. The highest BCUT2D eigenvalue weighted by atomic mass is 35.5. The van der Waals surface area contributed by atoms with E-state index in [0.717, 1.165) is 18.4 Å². The maximum atomic E-state index is 12.9. The summed E-state index contributed by atoms with van der Waals surface area (Å²) in [5.41, 5.74) is 1.10. The fourth-order valence-corrected chi connectivity index (χ4v) is 2.02. The topological polar surface area (TPSA) is 12.0 Å². The molecule has 0 aliphatic heterocycles. The Kier molecular flexibility index (Phi) is 5.78. The highest BCUT2D eigenvalue weighted by Crippen LogP contribution is 2.17. The lowest BCUT2D eigenvalue weighted by molar-refractivity contribution is 0.484. The molecule has 0 heterocycles. The number of aryl methyl sites for hydroxylation is 1. The Morgan fingerprint density at radius 2 is 2.12 bits per heavy atom. The highest BCUT2D eigenvalue weighted by Gasteiger charge is 2.06. The van der Waals surface area contributed by atoms with E-state index >= 15 is 0 Å². The largest absolute Gasteiger partial charge is 0.317 e. The van der Waals surface area contributed by atoms with Crippen LogP contribution in [0.3, 0.4) is 0 Å². The fourth-order valence-electron chi connectivity index (χ4n) is 1.82. The number of nitrogens with one attached hydrogen (secondary N) is 1. The Labute approximate surface area is 102 Å². The molecule has 0 amide bonds. The van der Waals surface area contributed by atoms with Gasteiger partial charge in [0.2, 0.25) is 0 Å². The molecule has 0 saturated heterocycles. The number of hydrogen-bond donors (Lipinski definition) is 1. The van der Waals surface area contributed by atoms with Crippen LogP contribution in [0.1, 0.15) is 31.7 Å². The highest BCUT2D eigenvalue weighted by molar-refractivity contribution is 6.30. The molecule has 3 heteroatoms. The van der Waals surface area contributed by atoms with E-state index in [2.05, 4.69) is 12.2 Å². The lowest BCUT2D eigenvalue weighted by atomic mass is 10.0. The summed E-state index contributed by atoms with van der Waals surface area (Å²) in [5, 5.41) is 3.51. The van der Waals surface area contributed by atoms with Crippen molar-refractivity contribution in [3.8, 4) is 0 Å². The van der Waals surface area contributed by atoms with Gasteiger partial charge in [0.05, 0.1) is 5.02 Å². The molecule has 0 radical (unpaired) electrons. The summed E-state index contributed by atoms with van der Waals surface area (Å²) < 4.78 is 12.9. The van der Waals surface area contributed by atoms with E-state index in [1.807, 2.05) is 7.05 Å². The van der Waals surface area contributed by atoms with Gasteiger partial charge in [-0.1, -0.05) is 31.0 Å². The second-order valence-corrected chi connectivity index (χ2v) is 4.47. The maximum absolute atomic E-state index is 12.9. The van der Waals surface area contributed by atoms with E-state index in [-0.39, 0.29) is 10.8 Å². The molecule has 1 nitrogen and oxygen atoms in total. The van der Waals surface area contributed by atoms with Crippen molar-refractivity contribution in [2.75, 3.05) is 7.05 Å². The van der Waals surface area contributed by atoms with Crippen LogP contribution in [0.5, 0.6) is 0 Å². The molecular formula is C13H19ClFN. The smallest absolute Gasteiger partial charge is 0.141 e. The van der Waals surface area contributed by atoms with Crippen LogP contribution in [0.25, 0.3) is 0 Å². The predicted molar refractivity (Wildman–Crippen MR) is 67.5 cm³/mol. The molecule has 90 valence electrons. The van der Waals surface area contributed by atoms with E-state index in [0.29, 0.717) is 6.04 Å². The van der Waals surface area contributed by atoms with Crippen molar-refractivity contribution in [1.82, 2.24) is 5.32 Å². The zero-order valence-electron chi connectivity index (χ0n) is 9.89. The van der Waals surface area contributed by atoms with E-state index in [4.69, 9.17) is 11.6 Å². The third-order valence-electron chi connectivity index (χ3n) is 2.81. The van der Waals surface area contributed by atoms with Crippen molar-refractivity contribution in [2.45, 2.75) is 38.6 Å². The van der Waals surface area contributed by atoms with Gasteiger partial charge in [-0.2, -0.15) is 0 Å². The molecule has 0 aliphatic carbocycles. The minimum Gasteiger partial charge on any atom is -0.317 e. The molecule has 1 aromatic carbocycles. The van der Waals surface area contributed by atoms with Gasteiger partial charge in [-0.3, -0.25) is 0 Å². The second-order valence-electron chi connectivity index (χ2n) is 4.06. The van der Waals surface area contributed by atoms with Gasteiger partial charge in [0.1, 0.15) is 5.82 Å². The molecule has 1 aromatic rings. The summed E-state index contributed by atoms with van der Waals surface area (Å²) in [4.78, 5) is 0. The van der Waals surface area contributed by atoms with Crippen molar-refractivity contribution >= 4 is 11.6 Å². The summed E-state index contributed by atoms with van der Waals surface area (Å²) in [6, 6.07) is 5.50. The van der Waals surface area contributed by atoms with Gasteiger partial charge in [0.25, 0.3) is 0 Å². The Bertz CT molecular complexity index is 328. The normalized spacial score (nSPS) is 12.8. The van der Waals surface area contributed by atoms with E-state index < -0.39 is 0 Å². The Hall–Kier alpha value is -0.600. The first-order valence-corrected chi connectivity index (χ1v) is 6.16. The van der Waals surface area contributed by atoms with Gasteiger partial charge in [-0.15, -0.1) is 0 Å². The lowest BCUT2D eigenvalue weighted by Gasteiger charge is -2.14. The van der Waals surface area contributed by atoms with Crippen molar-refractivity contribution < 1.29 is 4.39 Å². The predicted octanol–water partition coefficient (Wildman–Crippen LogP) is 3.80. The Balaban J connectivity index is 2.50. The zero-order valence-corrected chi connectivity index (χ0v) is 10.6. The SMILES string of the molecule is CCCC(CCc1ccc(F)c(Cl)c1)NC. The van der Waals surface area contributed by atoms with Gasteiger partial charge >= 0.3 is 0 Å². The summed E-state index contributed by atoms with van der Waals surface area (Å²) >= 11 is 5.73. The summed E-state index contributed by atoms with van der Waals surface area (Å²) in [7, 11) is 1.98. The number of hydrogen-bond acceptors (Lipinski definition) is 1. The average Bonchev–Trinajstić information content (AvgIpc) is 2.28. The van der Waals surface area contributed by atoms with Crippen LogP contribution in [-0.4, -0.2) is 13.1 Å². The van der Waals surface area contributed by atoms with Crippen LogP contribution in [0.2, 0.25) is 5.02 Å². The Morgan fingerprint density at radius 3 is 2.69 bits per heavy atom. The van der Waals surface area contributed by atoms with Gasteiger partial charge in [0.15, 0.2) is 0 Å². The minimum atomic E-state index is -0.343. The first kappa shape index (κ1) is 13.5. The van der Waals surface area contributed by atoms with Crippen LogP contribution in [-0.2, 0) is 6.42 Å². The average molecular weight is 244 g/mol. The van der Waals surface area contributed by atoms with Crippen molar-refractivity contribution in [2.24, 2.45) is 0 Å². The van der Waals surface area contributed by atoms with E-state index in [1.54, 1.807) is 12.1 Å². The molecule has 0 spiro atoms. The summed E-state index contributed by atoms with van der Waals surface area (Å²) in [6.07, 6.45) is 4.35. The summed E-state index contributed by atoms with van der Waals surface area (Å²) in [6.45, 7) is 2.18. The van der Waals surface area contributed by atoms with Gasteiger partial charge in [0, 0.05) is 6.04 Å². The number of rotatable bonds is 6. The van der Waals surface area contributed by atoms with Crippen molar-refractivity contribution in [1.29, 1.82) is 0 Å². The maximum Gasteiger partial charge on any atom is 0.141 e. The third kappa shape index (κ3) is 4.11. The molecule has 0 aliphatic rings. The zero-order chi connectivity index (χ0) is 12.0. The monoisotopic (exact) mass is 243 g/mol. The first-order valence-electron chi connectivity index (χ1n) is 5.78. The standard InChI is InChI=1S/C13H19ClFN/c1-3-4-11(16-2)7-5-10-6-8-13(15)12(14)9-10/h6,8-9,11,16H,3-5,7H2,1-2H3. The van der Waals surface area contributed by atoms with Crippen LogP contribution >= 0.6 is 11.6 Å². The van der Waals surface area contributed by atoms with Crippen molar-refractivity contribution in [3.63, 3.8) is 0 Å². The first-order chi connectivity index (χ1) is 7.67. The second kappa shape index (κ2) is 6.87. The molecule has 1 atom stereocenters. The molecule has 1 unspecified atom stereocenters. The van der Waals surface area contributed by atoms with Gasteiger partial charge < -0.3 is 5.32 Å². The Morgan fingerprint density at radius 1 is 1.38 bits per heavy atom. The molecule has 0 aromatic heterocycles. The number of halogens is 2.